The number of carbonyl (C=O) groups is 1. The second-order valence-corrected chi connectivity index (χ2v) is 19.0. The topological polar surface area (TPSA) is 149 Å². The molecule has 0 aromatic carbocycles. The lowest BCUT2D eigenvalue weighted by atomic mass is 9.99. The van der Waals surface area contributed by atoms with E-state index in [9.17, 15) is 30.3 Å². The summed E-state index contributed by atoms with van der Waals surface area (Å²) in [5.74, 6) is -0.191. The largest absolute Gasteiger partial charge is 0.394 e. The van der Waals surface area contributed by atoms with Gasteiger partial charge in [-0.15, -0.1) is 0 Å². The molecule has 0 aromatic heterocycles. The summed E-state index contributed by atoms with van der Waals surface area (Å²) in [6.07, 6.45) is 67.9. The van der Waals surface area contributed by atoms with Crippen molar-refractivity contribution in [2.45, 2.75) is 249 Å². The van der Waals surface area contributed by atoms with Crippen molar-refractivity contribution in [3.05, 3.63) is 122 Å². The number of nitrogens with one attached hydrogen (secondary N) is 1. The number of carbonyl (C=O) groups excluding carboxylic acids is 1. The molecule has 71 heavy (non-hydrogen) atoms. The highest BCUT2D eigenvalue weighted by atomic mass is 16.7. The maximum Gasteiger partial charge on any atom is 0.220 e. The predicted molar refractivity (Wildman–Crippen MR) is 299 cm³/mol. The van der Waals surface area contributed by atoms with Gasteiger partial charge in [-0.25, -0.2) is 0 Å². The number of ether oxygens (including phenoxy) is 2. The first-order valence-electron chi connectivity index (χ1n) is 28.2. The number of hydrogen-bond acceptors (Lipinski definition) is 8. The molecule has 9 heteroatoms. The van der Waals surface area contributed by atoms with E-state index in [0.717, 1.165) is 96.3 Å². The molecule has 1 aliphatic rings. The zero-order chi connectivity index (χ0) is 51.5. The quantitative estimate of drug-likeness (QED) is 0.0261. The van der Waals surface area contributed by atoms with Crippen molar-refractivity contribution < 1.29 is 39.8 Å². The molecule has 0 aromatic rings. The summed E-state index contributed by atoms with van der Waals surface area (Å²) in [5, 5.41) is 54.5. The molecule has 7 unspecified atom stereocenters. The minimum absolute atomic E-state index is 0.164. The van der Waals surface area contributed by atoms with E-state index < -0.39 is 49.5 Å². The fourth-order valence-corrected chi connectivity index (χ4v) is 8.13. The van der Waals surface area contributed by atoms with Crippen molar-refractivity contribution in [2.75, 3.05) is 13.2 Å². The molecule has 0 radical (unpaired) electrons. The van der Waals surface area contributed by atoms with E-state index >= 15 is 0 Å². The van der Waals surface area contributed by atoms with Crippen molar-refractivity contribution in [3.8, 4) is 0 Å². The van der Waals surface area contributed by atoms with Crippen LogP contribution in [0, 0.1) is 0 Å². The Hall–Kier alpha value is -3.41. The van der Waals surface area contributed by atoms with Gasteiger partial charge in [0.1, 0.15) is 24.4 Å². The predicted octanol–water partition coefficient (Wildman–Crippen LogP) is 14.0. The maximum atomic E-state index is 13.0. The fraction of sp³-hybridized carbons (Fsp3) is 0.661. The van der Waals surface area contributed by atoms with Gasteiger partial charge in [0.05, 0.1) is 25.4 Å². The van der Waals surface area contributed by atoms with Crippen LogP contribution in [0.3, 0.4) is 0 Å². The Bertz CT molecular complexity index is 1520. The van der Waals surface area contributed by atoms with Gasteiger partial charge >= 0.3 is 0 Å². The van der Waals surface area contributed by atoms with E-state index in [1.54, 1.807) is 0 Å². The van der Waals surface area contributed by atoms with E-state index in [2.05, 4.69) is 141 Å². The summed E-state index contributed by atoms with van der Waals surface area (Å²) in [6.45, 7) is 3.69. The first-order chi connectivity index (χ1) is 34.8. The van der Waals surface area contributed by atoms with Gasteiger partial charge in [-0.05, 0) is 89.9 Å². The molecule has 1 amide bonds. The van der Waals surface area contributed by atoms with Gasteiger partial charge in [-0.2, -0.15) is 0 Å². The molecule has 1 heterocycles. The van der Waals surface area contributed by atoms with Gasteiger partial charge in [0.2, 0.25) is 5.91 Å². The van der Waals surface area contributed by atoms with Gasteiger partial charge < -0.3 is 40.3 Å². The van der Waals surface area contributed by atoms with Crippen LogP contribution in [0.5, 0.6) is 0 Å². The van der Waals surface area contributed by atoms with E-state index in [1.165, 1.54) is 77.0 Å². The zero-order valence-corrected chi connectivity index (χ0v) is 44.7. The normalized spacial score (nSPS) is 20.2. The highest BCUT2D eigenvalue weighted by molar-refractivity contribution is 5.76. The molecule has 0 bridgehead atoms. The van der Waals surface area contributed by atoms with Gasteiger partial charge in [-0.1, -0.05) is 232 Å². The number of rotatable bonds is 46. The van der Waals surface area contributed by atoms with Crippen LogP contribution < -0.4 is 5.32 Å². The van der Waals surface area contributed by atoms with Crippen LogP contribution in [0.15, 0.2) is 122 Å². The molecule has 404 valence electrons. The standard InChI is InChI=1S/C62H103NO8/c1-3-5-7-9-11-13-15-17-19-20-21-22-23-24-25-26-27-28-29-30-31-32-33-34-35-36-38-40-42-44-46-48-50-52-58(66)63-55(54-70-62-61(69)60(68)59(67)57(53-64)71-62)56(65)51-49-47-45-43-41-39-37-18-16-14-12-10-8-6-4-2/h5,7,11,13,17,19,21-22,24-25,27-28,30-31,33-34,36,38,42,44,55-57,59-62,64-65,67-69H,3-4,6,8-10,12,14-16,18,20,23,26,29,32,35,37,39-41,43,45-54H2,1-2H3,(H,63,66)/b7-5-,13-11-,19-17-,22-21-,25-24-,28-27-,31-30-,34-33-,38-36-,44-42-. The molecule has 1 rings (SSSR count). The number of unbranched alkanes of at least 4 members (excludes halogenated alkanes) is 16. The smallest absolute Gasteiger partial charge is 0.220 e. The van der Waals surface area contributed by atoms with E-state index in [0.29, 0.717) is 19.3 Å². The van der Waals surface area contributed by atoms with Crippen LogP contribution in [0.25, 0.3) is 0 Å². The number of aliphatic hydroxyl groups excluding tert-OH is 5. The average molecular weight is 991 g/mol. The molecule has 0 saturated carbocycles. The molecular formula is C62H103NO8. The number of aliphatic hydroxyl groups is 5. The summed E-state index contributed by atoms with van der Waals surface area (Å²) in [7, 11) is 0. The van der Waals surface area contributed by atoms with Gasteiger partial charge in [-0.3, -0.25) is 4.79 Å². The third kappa shape index (κ3) is 39.8. The molecule has 1 saturated heterocycles. The lowest BCUT2D eigenvalue weighted by Gasteiger charge is -2.40. The summed E-state index contributed by atoms with van der Waals surface area (Å²) < 4.78 is 11.3. The summed E-state index contributed by atoms with van der Waals surface area (Å²) in [4.78, 5) is 13.0. The van der Waals surface area contributed by atoms with E-state index in [-0.39, 0.29) is 12.5 Å². The van der Waals surface area contributed by atoms with Crippen molar-refractivity contribution in [2.24, 2.45) is 0 Å². The minimum atomic E-state index is -1.57. The van der Waals surface area contributed by atoms with Crippen molar-refractivity contribution in [1.29, 1.82) is 0 Å². The Morgan fingerprint density at radius 3 is 1.27 bits per heavy atom. The molecular weight excluding hydrogens is 887 g/mol. The van der Waals surface area contributed by atoms with Crippen LogP contribution in [0.2, 0.25) is 0 Å². The Kier molecular flexibility index (Phi) is 46.3. The Balaban J connectivity index is 2.26. The molecule has 0 aliphatic carbocycles. The van der Waals surface area contributed by atoms with Gasteiger partial charge in [0, 0.05) is 6.42 Å². The zero-order valence-electron chi connectivity index (χ0n) is 44.7. The molecule has 7 atom stereocenters. The molecule has 9 nitrogen and oxygen atoms in total. The molecule has 0 spiro atoms. The highest BCUT2D eigenvalue weighted by Gasteiger charge is 2.44. The first kappa shape index (κ1) is 65.6. The monoisotopic (exact) mass is 990 g/mol. The Labute approximate surface area is 433 Å². The van der Waals surface area contributed by atoms with Crippen molar-refractivity contribution >= 4 is 5.91 Å². The van der Waals surface area contributed by atoms with Crippen LogP contribution in [-0.4, -0.2) is 87.5 Å². The van der Waals surface area contributed by atoms with Crippen LogP contribution >= 0.6 is 0 Å². The fourth-order valence-electron chi connectivity index (χ4n) is 8.13. The summed E-state index contributed by atoms with van der Waals surface area (Å²) >= 11 is 0. The molecule has 1 aliphatic heterocycles. The van der Waals surface area contributed by atoms with Crippen LogP contribution in [0.4, 0.5) is 0 Å². The number of amides is 1. The van der Waals surface area contributed by atoms with E-state index in [4.69, 9.17) is 9.47 Å². The number of allylic oxidation sites excluding steroid dienone is 20. The lowest BCUT2D eigenvalue weighted by Crippen LogP contribution is -2.60. The van der Waals surface area contributed by atoms with Gasteiger partial charge in [0.15, 0.2) is 6.29 Å². The average Bonchev–Trinajstić information content (AvgIpc) is 3.37. The second-order valence-electron chi connectivity index (χ2n) is 19.0. The van der Waals surface area contributed by atoms with Crippen LogP contribution in [0.1, 0.15) is 206 Å². The molecule has 1 fully saturated rings. The maximum absolute atomic E-state index is 13.0. The lowest BCUT2D eigenvalue weighted by molar-refractivity contribution is -0.302. The second kappa shape index (κ2) is 50.1. The van der Waals surface area contributed by atoms with E-state index in [1.807, 2.05) is 0 Å². The van der Waals surface area contributed by atoms with Crippen LogP contribution in [-0.2, 0) is 14.3 Å². The SMILES string of the molecule is CC/C=C\C/C=C\C/C=C\C/C=C\C/C=C\C/C=C\C/C=C\C/C=C\C/C=C\C/C=C\CCCCC(=O)NC(COC1OC(CO)C(O)C(O)C1O)C(O)CCCCCCCCCCCCCCCCC. The third-order valence-corrected chi connectivity index (χ3v) is 12.6. The molecule has 6 N–H and O–H groups in total. The summed E-state index contributed by atoms with van der Waals surface area (Å²) in [6, 6.07) is -0.751. The Morgan fingerprint density at radius 1 is 0.493 bits per heavy atom. The first-order valence-corrected chi connectivity index (χ1v) is 28.2. The third-order valence-electron chi connectivity index (χ3n) is 12.6. The Morgan fingerprint density at radius 2 is 0.873 bits per heavy atom. The minimum Gasteiger partial charge on any atom is -0.394 e. The van der Waals surface area contributed by atoms with Crippen molar-refractivity contribution in [1.82, 2.24) is 5.32 Å². The summed E-state index contributed by atoms with van der Waals surface area (Å²) in [5.41, 5.74) is 0. The van der Waals surface area contributed by atoms with Gasteiger partial charge in [0.25, 0.3) is 0 Å². The number of hydrogen-bond donors (Lipinski definition) is 6. The highest BCUT2D eigenvalue weighted by Crippen LogP contribution is 2.23. The van der Waals surface area contributed by atoms with Crippen molar-refractivity contribution in [3.63, 3.8) is 0 Å².